The molecule has 0 radical (unpaired) electrons. The molecule has 0 bridgehead atoms. The Morgan fingerprint density at radius 3 is 2.68 bits per heavy atom. The number of nitrogens with two attached hydrogens (primary N) is 1. The Bertz CT molecular complexity index is 323. The number of hydrogen-bond donors (Lipinski definition) is 2. The van der Waals surface area contributed by atoms with E-state index < -0.39 is 6.09 Å². The van der Waals surface area contributed by atoms with Gasteiger partial charge in [-0.3, -0.25) is 4.79 Å². The van der Waals surface area contributed by atoms with E-state index >= 15 is 0 Å². The predicted octanol–water partition coefficient (Wildman–Crippen LogP) is -0.549. The second-order valence-corrected chi connectivity index (χ2v) is 4.92. The zero-order valence-electron chi connectivity index (χ0n) is 11.0. The van der Waals surface area contributed by atoms with Crippen LogP contribution in [0.2, 0.25) is 0 Å². The first kappa shape index (κ1) is 14.1. The molecular formula is C12H21N3O4. The average molecular weight is 271 g/mol. The lowest BCUT2D eigenvalue weighted by Crippen LogP contribution is -2.45. The summed E-state index contributed by atoms with van der Waals surface area (Å²) in [4.78, 5) is 24.5. The largest absolute Gasteiger partial charge is 0.446 e. The molecule has 0 aromatic rings. The number of ether oxygens (including phenoxy) is 2. The van der Waals surface area contributed by atoms with Gasteiger partial charge in [0.2, 0.25) is 5.91 Å². The van der Waals surface area contributed by atoms with Crippen LogP contribution in [0.25, 0.3) is 0 Å². The standard InChI is InChI=1S/C12H21N3O4/c13-12(17)19-9-1-4-15(5-2-9)11(16)7-10-8-14-3-6-18-10/h9-10,14H,1-8H2,(H2,13,17). The second-order valence-electron chi connectivity index (χ2n) is 4.92. The number of piperidine rings is 1. The molecule has 1 atom stereocenters. The minimum atomic E-state index is -0.744. The maximum Gasteiger partial charge on any atom is 0.404 e. The lowest BCUT2D eigenvalue weighted by atomic mass is 10.1. The van der Waals surface area contributed by atoms with Gasteiger partial charge in [-0.1, -0.05) is 0 Å². The van der Waals surface area contributed by atoms with E-state index in [1.165, 1.54) is 0 Å². The molecule has 19 heavy (non-hydrogen) atoms. The summed E-state index contributed by atoms with van der Waals surface area (Å²) in [7, 11) is 0. The van der Waals surface area contributed by atoms with Gasteiger partial charge in [0.05, 0.1) is 19.1 Å². The van der Waals surface area contributed by atoms with E-state index in [0.717, 1.165) is 13.1 Å². The molecule has 7 nitrogen and oxygen atoms in total. The monoisotopic (exact) mass is 271 g/mol. The van der Waals surface area contributed by atoms with Crippen molar-refractivity contribution in [3.63, 3.8) is 0 Å². The molecule has 2 fully saturated rings. The summed E-state index contributed by atoms with van der Waals surface area (Å²) >= 11 is 0. The van der Waals surface area contributed by atoms with Crippen molar-refractivity contribution in [3.8, 4) is 0 Å². The Morgan fingerprint density at radius 2 is 2.11 bits per heavy atom. The summed E-state index contributed by atoms with van der Waals surface area (Å²) in [6.07, 6.45) is 0.784. The molecule has 0 aliphatic carbocycles. The van der Waals surface area contributed by atoms with Gasteiger partial charge in [-0.15, -0.1) is 0 Å². The van der Waals surface area contributed by atoms with Gasteiger partial charge < -0.3 is 25.4 Å². The fourth-order valence-corrected chi connectivity index (χ4v) is 2.46. The zero-order valence-corrected chi connectivity index (χ0v) is 11.0. The third kappa shape index (κ3) is 4.36. The fraction of sp³-hybridized carbons (Fsp3) is 0.833. The molecule has 7 heteroatoms. The summed E-state index contributed by atoms with van der Waals surface area (Å²) < 4.78 is 10.5. The number of amides is 2. The predicted molar refractivity (Wildman–Crippen MR) is 67.5 cm³/mol. The van der Waals surface area contributed by atoms with Crippen LogP contribution in [-0.2, 0) is 14.3 Å². The van der Waals surface area contributed by atoms with E-state index in [1.807, 2.05) is 0 Å². The lowest BCUT2D eigenvalue weighted by Gasteiger charge is -2.33. The number of nitrogens with one attached hydrogen (secondary N) is 1. The molecule has 108 valence electrons. The van der Waals surface area contributed by atoms with Crippen molar-refractivity contribution in [3.05, 3.63) is 0 Å². The van der Waals surface area contributed by atoms with E-state index in [4.69, 9.17) is 15.2 Å². The highest BCUT2D eigenvalue weighted by molar-refractivity contribution is 5.76. The number of rotatable bonds is 3. The fourth-order valence-electron chi connectivity index (χ4n) is 2.46. The van der Waals surface area contributed by atoms with Crippen molar-refractivity contribution in [2.45, 2.75) is 31.5 Å². The molecule has 0 spiro atoms. The average Bonchev–Trinajstić information content (AvgIpc) is 2.40. The van der Waals surface area contributed by atoms with Crippen molar-refractivity contribution in [1.29, 1.82) is 0 Å². The molecule has 0 saturated carbocycles. The van der Waals surface area contributed by atoms with Gasteiger partial charge in [0.1, 0.15) is 6.10 Å². The summed E-state index contributed by atoms with van der Waals surface area (Å²) in [5.74, 6) is 0.103. The Kier molecular flexibility index (Phi) is 4.98. The third-order valence-corrected chi connectivity index (χ3v) is 3.48. The molecule has 3 N–H and O–H groups in total. The van der Waals surface area contributed by atoms with E-state index in [9.17, 15) is 9.59 Å². The molecule has 2 aliphatic rings. The quantitative estimate of drug-likeness (QED) is 0.718. The number of morpholine rings is 1. The molecule has 0 aromatic carbocycles. The lowest BCUT2D eigenvalue weighted by molar-refractivity contribution is -0.136. The first-order chi connectivity index (χ1) is 9.15. The normalized spacial score (nSPS) is 25.1. The van der Waals surface area contributed by atoms with Crippen LogP contribution in [0.3, 0.4) is 0 Å². The van der Waals surface area contributed by atoms with Crippen LogP contribution in [0.5, 0.6) is 0 Å². The molecule has 2 amide bonds. The molecule has 2 rings (SSSR count). The Balaban J connectivity index is 1.71. The van der Waals surface area contributed by atoms with Crippen LogP contribution in [0.4, 0.5) is 4.79 Å². The Labute approximate surface area is 112 Å². The molecule has 1 unspecified atom stereocenters. The maximum atomic E-state index is 12.1. The van der Waals surface area contributed by atoms with Gasteiger partial charge in [0, 0.05) is 39.0 Å². The van der Waals surface area contributed by atoms with E-state index in [1.54, 1.807) is 4.90 Å². The van der Waals surface area contributed by atoms with Crippen LogP contribution in [-0.4, -0.2) is 61.9 Å². The van der Waals surface area contributed by atoms with Crippen molar-refractivity contribution in [2.24, 2.45) is 5.73 Å². The minimum Gasteiger partial charge on any atom is -0.446 e. The molecule has 2 heterocycles. The van der Waals surface area contributed by atoms with Gasteiger partial charge in [0.15, 0.2) is 0 Å². The number of carbonyl (C=O) groups excluding carboxylic acids is 2. The SMILES string of the molecule is NC(=O)OC1CCN(C(=O)CC2CNCCO2)CC1. The highest BCUT2D eigenvalue weighted by atomic mass is 16.6. The van der Waals surface area contributed by atoms with Crippen LogP contribution < -0.4 is 11.1 Å². The Morgan fingerprint density at radius 1 is 1.37 bits per heavy atom. The van der Waals surface area contributed by atoms with Crippen LogP contribution in [0.15, 0.2) is 0 Å². The van der Waals surface area contributed by atoms with Gasteiger partial charge in [-0.25, -0.2) is 4.79 Å². The molecular weight excluding hydrogens is 250 g/mol. The van der Waals surface area contributed by atoms with Crippen molar-refractivity contribution in [2.75, 3.05) is 32.8 Å². The summed E-state index contributed by atoms with van der Waals surface area (Å²) in [5, 5.41) is 3.20. The zero-order chi connectivity index (χ0) is 13.7. The second kappa shape index (κ2) is 6.72. The van der Waals surface area contributed by atoms with Gasteiger partial charge >= 0.3 is 6.09 Å². The van der Waals surface area contributed by atoms with E-state index in [-0.39, 0.29) is 18.1 Å². The number of primary amides is 1. The highest BCUT2D eigenvalue weighted by Crippen LogP contribution is 2.15. The van der Waals surface area contributed by atoms with Crippen LogP contribution >= 0.6 is 0 Å². The van der Waals surface area contributed by atoms with Gasteiger partial charge in [-0.05, 0) is 0 Å². The topological polar surface area (TPSA) is 93.9 Å². The van der Waals surface area contributed by atoms with Gasteiger partial charge in [-0.2, -0.15) is 0 Å². The van der Waals surface area contributed by atoms with E-state index in [0.29, 0.717) is 39.0 Å². The summed E-state index contributed by atoms with van der Waals surface area (Å²) in [6.45, 7) is 3.45. The van der Waals surface area contributed by atoms with Crippen LogP contribution in [0, 0.1) is 0 Å². The third-order valence-electron chi connectivity index (χ3n) is 3.48. The number of likely N-dealkylation sites (tertiary alicyclic amines) is 1. The van der Waals surface area contributed by atoms with E-state index in [2.05, 4.69) is 5.32 Å². The van der Waals surface area contributed by atoms with Crippen molar-refractivity contribution in [1.82, 2.24) is 10.2 Å². The summed E-state index contributed by atoms with van der Waals surface area (Å²) in [6, 6.07) is 0. The first-order valence-corrected chi connectivity index (χ1v) is 6.71. The maximum absolute atomic E-state index is 12.1. The first-order valence-electron chi connectivity index (χ1n) is 6.71. The molecule has 0 aromatic heterocycles. The van der Waals surface area contributed by atoms with Gasteiger partial charge in [0.25, 0.3) is 0 Å². The molecule has 2 saturated heterocycles. The number of hydrogen-bond acceptors (Lipinski definition) is 5. The smallest absolute Gasteiger partial charge is 0.404 e. The molecule has 2 aliphatic heterocycles. The van der Waals surface area contributed by atoms with Crippen molar-refractivity contribution < 1.29 is 19.1 Å². The number of nitrogens with zero attached hydrogens (tertiary/aromatic N) is 1. The minimum absolute atomic E-state index is 0.0270. The van der Waals surface area contributed by atoms with Crippen molar-refractivity contribution >= 4 is 12.0 Å². The summed E-state index contributed by atoms with van der Waals surface area (Å²) in [5.41, 5.74) is 4.98. The Hall–Kier alpha value is -1.34. The van der Waals surface area contributed by atoms with Crippen LogP contribution in [0.1, 0.15) is 19.3 Å². The number of carbonyl (C=O) groups is 2. The highest BCUT2D eigenvalue weighted by Gasteiger charge is 2.26.